The predicted molar refractivity (Wildman–Crippen MR) is 242 cm³/mol. The van der Waals surface area contributed by atoms with Crippen molar-refractivity contribution in [3.8, 4) is 0 Å². The first kappa shape index (κ1) is 53.9. The van der Waals surface area contributed by atoms with E-state index >= 15 is 0 Å². The van der Waals surface area contributed by atoms with Crippen molar-refractivity contribution in [2.45, 2.75) is 302 Å². The lowest BCUT2D eigenvalue weighted by Crippen LogP contribution is -2.24. The predicted octanol–water partition coefficient (Wildman–Crippen LogP) is 17.6. The molecule has 0 unspecified atom stereocenters. The van der Waals surface area contributed by atoms with Crippen molar-refractivity contribution < 1.29 is 14.6 Å². The minimum absolute atomic E-state index is 0.0681. The minimum atomic E-state index is -0.153. The zero-order valence-electron chi connectivity index (χ0n) is 37.8. The maximum absolute atomic E-state index is 9.68. The molecule has 0 radical (unpaired) electrons. The van der Waals surface area contributed by atoms with Crippen LogP contribution in [-0.2, 0) is 9.47 Å². The molecule has 1 atom stereocenters. The van der Waals surface area contributed by atoms with Crippen LogP contribution in [0.5, 0.6) is 0 Å². The van der Waals surface area contributed by atoms with Crippen molar-refractivity contribution >= 4 is 0 Å². The second-order valence-electron chi connectivity index (χ2n) is 17.6. The van der Waals surface area contributed by atoms with Crippen LogP contribution in [0, 0.1) is 0 Å². The van der Waals surface area contributed by atoms with Crippen molar-refractivity contribution in [1.82, 2.24) is 0 Å². The second-order valence-corrected chi connectivity index (χ2v) is 17.6. The van der Waals surface area contributed by atoms with E-state index in [0.29, 0.717) is 6.61 Å². The van der Waals surface area contributed by atoms with Crippen LogP contribution in [0.3, 0.4) is 0 Å². The van der Waals surface area contributed by atoms with Gasteiger partial charge in [0.15, 0.2) is 0 Å². The molecular formula is C51H104O3. The highest BCUT2D eigenvalue weighted by molar-refractivity contribution is 4.56. The SMILES string of the molecule is CCCCCCCCCCCCCCCCCCCCCCCCOC[C@H](CO)OCCCCCCCCCCCCCCCCCCCCCCCC. The summed E-state index contributed by atoms with van der Waals surface area (Å²) in [5.74, 6) is 0. The van der Waals surface area contributed by atoms with Gasteiger partial charge in [-0.05, 0) is 12.8 Å². The van der Waals surface area contributed by atoms with Crippen LogP contribution in [0.4, 0.5) is 0 Å². The highest BCUT2D eigenvalue weighted by Crippen LogP contribution is 2.17. The van der Waals surface area contributed by atoms with Gasteiger partial charge in [0.2, 0.25) is 0 Å². The monoisotopic (exact) mass is 765 g/mol. The number of ether oxygens (including phenoxy) is 2. The maximum atomic E-state index is 9.68. The van der Waals surface area contributed by atoms with E-state index in [1.807, 2.05) is 0 Å². The number of unbranched alkanes of at least 4 members (excludes halogenated alkanes) is 42. The normalized spacial score (nSPS) is 12.3. The number of aliphatic hydroxyl groups is 1. The summed E-state index contributed by atoms with van der Waals surface area (Å²) in [6.45, 7) is 6.77. The number of aliphatic hydroxyl groups excluding tert-OH is 1. The van der Waals surface area contributed by atoms with E-state index in [9.17, 15) is 5.11 Å². The molecular weight excluding hydrogens is 661 g/mol. The van der Waals surface area contributed by atoms with Gasteiger partial charge in [0.1, 0.15) is 6.10 Å². The quantitative estimate of drug-likeness (QED) is 0.0627. The van der Waals surface area contributed by atoms with Crippen molar-refractivity contribution in [1.29, 1.82) is 0 Å². The van der Waals surface area contributed by atoms with Crippen LogP contribution in [0.1, 0.15) is 296 Å². The molecule has 0 saturated heterocycles. The summed E-state index contributed by atoms with van der Waals surface area (Å²) in [6.07, 6.45) is 62.1. The Balaban J connectivity index is 3.22. The lowest BCUT2D eigenvalue weighted by molar-refractivity contribution is -0.0437. The molecule has 0 rings (SSSR count). The van der Waals surface area contributed by atoms with E-state index in [0.717, 1.165) is 26.1 Å². The lowest BCUT2D eigenvalue weighted by atomic mass is 10.0. The van der Waals surface area contributed by atoms with Crippen molar-refractivity contribution in [3.63, 3.8) is 0 Å². The Hall–Kier alpha value is -0.120. The Morgan fingerprint density at radius 2 is 0.481 bits per heavy atom. The second kappa shape index (κ2) is 50.9. The Kier molecular flexibility index (Phi) is 50.8. The summed E-state index contributed by atoms with van der Waals surface area (Å²) >= 11 is 0. The maximum Gasteiger partial charge on any atom is 0.104 e. The Morgan fingerprint density at radius 1 is 0.278 bits per heavy atom. The Labute approximate surface area is 342 Å². The lowest BCUT2D eigenvalue weighted by Gasteiger charge is -2.15. The zero-order chi connectivity index (χ0) is 38.9. The molecule has 0 heterocycles. The molecule has 0 saturated carbocycles. The molecule has 0 amide bonds. The fourth-order valence-corrected chi connectivity index (χ4v) is 8.14. The van der Waals surface area contributed by atoms with Gasteiger partial charge in [-0.3, -0.25) is 0 Å². The minimum Gasteiger partial charge on any atom is -0.394 e. The first-order valence-corrected chi connectivity index (χ1v) is 25.6. The third-order valence-corrected chi connectivity index (χ3v) is 12.0. The molecule has 0 aromatic heterocycles. The van der Waals surface area contributed by atoms with Crippen LogP contribution in [-0.4, -0.2) is 37.6 Å². The molecule has 3 heteroatoms. The van der Waals surface area contributed by atoms with Gasteiger partial charge in [-0.15, -0.1) is 0 Å². The number of hydrogen-bond acceptors (Lipinski definition) is 3. The highest BCUT2D eigenvalue weighted by atomic mass is 16.5. The molecule has 326 valence electrons. The van der Waals surface area contributed by atoms with Crippen LogP contribution in [0.25, 0.3) is 0 Å². The van der Waals surface area contributed by atoms with Gasteiger partial charge in [-0.1, -0.05) is 284 Å². The average molecular weight is 765 g/mol. The molecule has 1 N–H and O–H groups in total. The first-order chi connectivity index (χ1) is 26.8. The van der Waals surface area contributed by atoms with Gasteiger partial charge in [0.25, 0.3) is 0 Å². The third kappa shape index (κ3) is 48.0. The fraction of sp³-hybridized carbons (Fsp3) is 1.00. The summed E-state index contributed by atoms with van der Waals surface area (Å²) in [4.78, 5) is 0. The molecule has 54 heavy (non-hydrogen) atoms. The van der Waals surface area contributed by atoms with Gasteiger partial charge in [0.05, 0.1) is 13.2 Å². The number of hydrogen-bond donors (Lipinski definition) is 1. The van der Waals surface area contributed by atoms with Crippen molar-refractivity contribution in [3.05, 3.63) is 0 Å². The van der Waals surface area contributed by atoms with Gasteiger partial charge in [-0.25, -0.2) is 0 Å². The summed E-state index contributed by atoms with van der Waals surface area (Å²) in [7, 11) is 0. The molecule has 0 spiro atoms. The van der Waals surface area contributed by atoms with Crippen molar-refractivity contribution in [2.75, 3.05) is 26.4 Å². The highest BCUT2D eigenvalue weighted by Gasteiger charge is 2.08. The van der Waals surface area contributed by atoms with E-state index in [2.05, 4.69) is 13.8 Å². The van der Waals surface area contributed by atoms with E-state index in [4.69, 9.17) is 9.47 Å². The van der Waals surface area contributed by atoms with Gasteiger partial charge in [0, 0.05) is 13.2 Å². The van der Waals surface area contributed by atoms with Crippen LogP contribution in [0.2, 0.25) is 0 Å². The topological polar surface area (TPSA) is 38.7 Å². The zero-order valence-corrected chi connectivity index (χ0v) is 37.8. The Bertz CT molecular complexity index is 624. The summed E-state index contributed by atoms with van der Waals surface area (Å²) < 4.78 is 11.8. The Morgan fingerprint density at radius 3 is 0.704 bits per heavy atom. The third-order valence-electron chi connectivity index (χ3n) is 12.0. The molecule has 3 nitrogen and oxygen atoms in total. The van der Waals surface area contributed by atoms with Crippen LogP contribution >= 0.6 is 0 Å². The molecule has 0 aromatic carbocycles. The smallest absolute Gasteiger partial charge is 0.104 e. The van der Waals surface area contributed by atoms with E-state index in [-0.39, 0.29) is 12.7 Å². The molecule has 0 aliphatic heterocycles. The molecule has 0 aliphatic rings. The summed E-state index contributed by atoms with van der Waals surface area (Å²) in [5.41, 5.74) is 0. The van der Waals surface area contributed by atoms with E-state index in [1.54, 1.807) is 0 Å². The summed E-state index contributed by atoms with van der Waals surface area (Å²) in [6, 6.07) is 0. The molecule has 0 aliphatic carbocycles. The van der Waals surface area contributed by atoms with Crippen LogP contribution in [0.15, 0.2) is 0 Å². The van der Waals surface area contributed by atoms with Crippen molar-refractivity contribution in [2.24, 2.45) is 0 Å². The fourth-order valence-electron chi connectivity index (χ4n) is 8.14. The molecule has 0 fully saturated rings. The standard InChI is InChI=1S/C51H104O3/c1-3-5-7-9-11-13-15-17-19-21-23-25-27-29-31-33-35-37-39-41-43-45-47-53-50-51(49-52)54-48-46-44-42-40-38-36-34-32-30-28-26-24-22-20-18-16-14-12-10-8-6-4-2/h51-52H,3-50H2,1-2H3/t51-/m0/s1. The largest absolute Gasteiger partial charge is 0.394 e. The summed E-state index contributed by atoms with van der Waals surface area (Å²) in [5, 5.41) is 9.68. The molecule has 0 bridgehead atoms. The van der Waals surface area contributed by atoms with Crippen LogP contribution < -0.4 is 0 Å². The molecule has 0 aromatic rings. The van der Waals surface area contributed by atoms with Gasteiger partial charge < -0.3 is 14.6 Å². The van der Waals surface area contributed by atoms with Gasteiger partial charge in [-0.2, -0.15) is 0 Å². The van der Waals surface area contributed by atoms with E-state index < -0.39 is 0 Å². The first-order valence-electron chi connectivity index (χ1n) is 25.6. The van der Waals surface area contributed by atoms with Gasteiger partial charge >= 0.3 is 0 Å². The average Bonchev–Trinajstić information content (AvgIpc) is 3.19. The van der Waals surface area contributed by atoms with E-state index in [1.165, 1.54) is 270 Å². The number of rotatable bonds is 50.